The van der Waals surface area contributed by atoms with Crippen molar-refractivity contribution in [2.24, 2.45) is 0 Å². The van der Waals surface area contributed by atoms with E-state index in [2.05, 4.69) is 6.92 Å². The number of aromatic nitrogens is 1. The summed E-state index contributed by atoms with van der Waals surface area (Å²) < 4.78 is 5.38. The van der Waals surface area contributed by atoms with Crippen LogP contribution in [0, 0.1) is 6.92 Å². The highest BCUT2D eigenvalue weighted by Gasteiger charge is 2.20. The fourth-order valence-electron chi connectivity index (χ4n) is 2.60. The zero-order chi connectivity index (χ0) is 12.0. The first kappa shape index (κ1) is 10.8. The van der Waals surface area contributed by atoms with Gasteiger partial charge in [0.15, 0.2) is 0 Å². The number of hydrogen-bond acceptors (Lipinski definition) is 2. The Morgan fingerprint density at radius 3 is 2.88 bits per heavy atom. The Bertz CT molecular complexity index is 607. The average Bonchev–Trinajstić information content (AvgIpc) is 2.78. The highest BCUT2D eigenvalue weighted by molar-refractivity contribution is 6.36. The van der Waals surface area contributed by atoms with Gasteiger partial charge in [-0.05, 0) is 43.4 Å². The Hall–Kier alpha value is -1.28. The smallest absolute Gasteiger partial charge is 0.145 e. The molecule has 2 aromatic rings. The molecule has 0 fully saturated rings. The van der Waals surface area contributed by atoms with E-state index in [1.807, 2.05) is 12.1 Å². The lowest BCUT2D eigenvalue weighted by Gasteiger charge is -2.12. The molecule has 0 bridgehead atoms. The topological polar surface area (TPSA) is 22.1 Å². The average molecular weight is 248 g/mol. The SMILES string of the molecule is COc1ccc(C)c2c(Cl)c3c(nc12)CCC3. The van der Waals surface area contributed by atoms with Gasteiger partial charge in [0, 0.05) is 11.1 Å². The van der Waals surface area contributed by atoms with Crippen molar-refractivity contribution < 1.29 is 4.74 Å². The second-order valence-corrected chi connectivity index (χ2v) is 4.89. The molecule has 3 heteroatoms. The van der Waals surface area contributed by atoms with E-state index in [9.17, 15) is 0 Å². The minimum absolute atomic E-state index is 0.808. The Labute approximate surface area is 106 Å². The number of benzene rings is 1. The van der Waals surface area contributed by atoms with E-state index in [1.165, 1.54) is 5.56 Å². The second kappa shape index (κ2) is 3.88. The summed E-state index contributed by atoms with van der Waals surface area (Å²) in [7, 11) is 1.67. The van der Waals surface area contributed by atoms with E-state index >= 15 is 0 Å². The minimum Gasteiger partial charge on any atom is -0.494 e. The predicted octanol–water partition coefficient (Wildman–Crippen LogP) is 3.69. The number of nitrogens with zero attached hydrogens (tertiary/aromatic N) is 1. The Kier molecular flexibility index (Phi) is 2.48. The fraction of sp³-hybridized carbons (Fsp3) is 0.357. The van der Waals surface area contributed by atoms with Gasteiger partial charge in [-0.2, -0.15) is 0 Å². The lowest BCUT2D eigenvalue weighted by molar-refractivity contribution is 0.418. The van der Waals surface area contributed by atoms with Crippen molar-refractivity contribution in [3.05, 3.63) is 34.0 Å². The van der Waals surface area contributed by atoms with Crippen LogP contribution in [0.5, 0.6) is 5.75 Å². The molecule has 0 saturated heterocycles. The molecule has 1 aliphatic carbocycles. The van der Waals surface area contributed by atoms with Gasteiger partial charge < -0.3 is 4.74 Å². The summed E-state index contributed by atoms with van der Waals surface area (Å²) in [4.78, 5) is 4.74. The zero-order valence-corrected chi connectivity index (χ0v) is 10.8. The van der Waals surface area contributed by atoms with Crippen LogP contribution in [0.15, 0.2) is 12.1 Å². The highest BCUT2D eigenvalue weighted by atomic mass is 35.5. The number of fused-ring (bicyclic) bond motifs is 2. The van der Waals surface area contributed by atoms with Gasteiger partial charge in [0.25, 0.3) is 0 Å². The maximum atomic E-state index is 6.53. The van der Waals surface area contributed by atoms with Gasteiger partial charge in [0.05, 0.1) is 12.1 Å². The van der Waals surface area contributed by atoms with Gasteiger partial charge in [-0.15, -0.1) is 0 Å². The highest BCUT2D eigenvalue weighted by Crippen LogP contribution is 2.38. The first-order valence-corrected chi connectivity index (χ1v) is 6.24. The first-order chi connectivity index (χ1) is 8.22. The van der Waals surface area contributed by atoms with Crippen molar-refractivity contribution >= 4 is 22.5 Å². The molecule has 0 aliphatic heterocycles. The van der Waals surface area contributed by atoms with Gasteiger partial charge in [-0.25, -0.2) is 4.98 Å². The molecule has 1 aromatic heterocycles. The molecule has 0 N–H and O–H groups in total. The van der Waals surface area contributed by atoms with E-state index in [1.54, 1.807) is 7.11 Å². The van der Waals surface area contributed by atoms with E-state index in [-0.39, 0.29) is 0 Å². The van der Waals surface area contributed by atoms with Crippen LogP contribution in [-0.4, -0.2) is 12.1 Å². The molecule has 0 amide bonds. The maximum absolute atomic E-state index is 6.53. The molecule has 17 heavy (non-hydrogen) atoms. The number of aryl methyl sites for hydroxylation is 2. The molecule has 3 rings (SSSR count). The molecule has 0 spiro atoms. The van der Waals surface area contributed by atoms with Gasteiger partial charge in [-0.3, -0.25) is 0 Å². The lowest BCUT2D eigenvalue weighted by Crippen LogP contribution is -1.96. The van der Waals surface area contributed by atoms with Crippen molar-refractivity contribution in [3.8, 4) is 5.75 Å². The Morgan fingerprint density at radius 2 is 2.12 bits per heavy atom. The lowest BCUT2D eigenvalue weighted by atomic mass is 10.1. The molecule has 1 aromatic carbocycles. The summed E-state index contributed by atoms with van der Waals surface area (Å²) in [6, 6.07) is 4.00. The third-order valence-corrected chi connectivity index (χ3v) is 3.91. The Balaban J connectivity index is 2.45. The van der Waals surface area contributed by atoms with Crippen molar-refractivity contribution in [3.63, 3.8) is 0 Å². The second-order valence-electron chi connectivity index (χ2n) is 4.51. The molecule has 0 atom stereocenters. The normalized spacial score (nSPS) is 14.1. The quantitative estimate of drug-likeness (QED) is 0.767. The van der Waals surface area contributed by atoms with E-state index in [4.69, 9.17) is 21.3 Å². The van der Waals surface area contributed by atoms with Crippen molar-refractivity contribution in [2.45, 2.75) is 26.2 Å². The summed E-state index contributed by atoms with van der Waals surface area (Å²) in [5.41, 5.74) is 4.44. The molecule has 0 unspecified atom stereocenters. The summed E-state index contributed by atoms with van der Waals surface area (Å²) in [5.74, 6) is 0.808. The maximum Gasteiger partial charge on any atom is 0.145 e. The van der Waals surface area contributed by atoms with Crippen LogP contribution in [0.2, 0.25) is 5.02 Å². The molecule has 1 aliphatic rings. The zero-order valence-electron chi connectivity index (χ0n) is 10.0. The third-order valence-electron chi connectivity index (χ3n) is 3.49. The standard InChI is InChI=1S/C14H14ClNO/c1-8-6-7-11(17-2)14-12(8)13(15)9-4-3-5-10(9)16-14/h6-7H,3-5H2,1-2H3. The first-order valence-electron chi connectivity index (χ1n) is 5.87. The molecule has 1 heterocycles. The van der Waals surface area contributed by atoms with Crippen molar-refractivity contribution in [2.75, 3.05) is 7.11 Å². The van der Waals surface area contributed by atoms with Gasteiger partial charge in [-0.1, -0.05) is 17.7 Å². The van der Waals surface area contributed by atoms with Crippen molar-refractivity contribution in [1.82, 2.24) is 4.98 Å². The largest absolute Gasteiger partial charge is 0.494 e. The van der Waals surface area contributed by atoms with Crippen LogP contribution in [0.3, 0.4) is 0 Å². The number of methoxy groups -OCH3 is 1. The molecular formula is C14H14ClNO. The van der Waals surface area contributed by atoms with Gasteiger partial charge in [0.1, 0.15) is 11.3 Å². The molecule has 0 radical (unpaired) electrons. The van der Waals surface area contributed by atoms with Crippen LogP contribution in [0.1, 0.15) is 23.2 Å². The number of pyridine rings is 1. The Morgan fingerprint density at radius 1 is 1.29 bits per heavy atom. The molecule has 0 saturated carbocycles. The number of rotatable bonds is 1. The van der Waals surface area contributed by atoms with Crippen molar-refractivity contribution in [1.29, 1.82) is 0 Å². The van der Waals surface area contributed by atoms with Gasteiger partial charge in [0.2, 0.25) is 0 Å². The van der Waals surface area contributed by atoms with Crippen LogP contribution >= 0.6 is 11.6 Å². The summed E-state index contributed by atoms with van der Waals surface area (Å²) in [5, 5.41) is 1.92. The fourth-order valence-corrected chi connectivity index (χ4v) is 3.04. The molecule has 2 nitrogen and oxygen atoms in total. The third kappa shape index (κ3) is 1.51. The monoisotopic (exact) mass is 247 g/mol. The molecule has 88 valence electrons. The van der Waals surface area contributed by atoms with E-state index < -0.39 is 0 Å². The van der Waals surface area contributed by atoms with Crippen LogP contribution in [0.25, 0.3) is 10.9 Å². The van der Waals surface area contributed by atoms with E-state index in [0.717, 1.165) is 52.2 Å². The predicted molar refractivity (Wildman–Crippen MR) is 70.1 cm³/mol. The van der Waals surface area contributed by atoms with Gasteiger partial charge >= 0.3 is 0 Å². The molecular weight excluding hydrogens is 234 g/mol. The number of halogens is 1. The van der Waals surface area contributed by atoms with Crippen LogP contribution < -0.4 is 4.74 Å². The minimum atomic E-state index is 0.808. The summed E-state index contributed by atoms with van der Waals surface area (Å²) in [6.45, 7) is 2.07. The van der Waals surface area contributed by atoms with Crippen LogP contribution in [0.4, 0.5) is 0 Å². The van der Waals surface area contributed by atoms with E-state index in [0.29, 0.717) is 0 Å². The number of ether oxygens (including phenoxy) is 1. The summed E-state index contributed by atoms with van der Waals surface area (Å²) in [6.07, 6.45) is 3.23. The van der Waals surface area contributed by atoms with Crippen LogP contribution in [-0.2, 0) is 12.8 Å². The number of hydrogen-bond donors (Lipinski definition) is 0. The summed E-state index contributed by atoms with van der Waals surface area (Å²) >= 11 is 6.53.